The van der Waals surface area contributed by atoms with Gasteiger partial charge in [0.25, 0.3) is 5.69 Å². The normalized spacial score (nSPS) is 15.1. The Kier molecular flexibility index (Phi) is 6.08. The molecule has 1 N–H and O–H groups in total. The van der Waals surface area contributed by atoms with Crippen LogP contribution in [0.1, 0.15) is 46.6 Å². The van der Waals surface area contributed by atoms with E-state index in [9.17, 15) is 19.7 Å². The maximum absolute atomic E-state index is 13.2. The third kappa shape index (κ3) is 5.18. The predicted molar refractivity (Wildman–Crippen MR) is 102 cm³/mol. The number of ether oxygens (including phenoxy) is 1. The number of alkyl carbamates (subject to hydrolysis) is 1. The number of nitrogens with one attached hydrogen (secondary N) is 1. The van der Waals surface area contributed by atoms with Gasteiger partial charge in [-0.05, 0) is 45.1 Å². The van der Waals surface area contributed by atoms with Crippen molar-refractivity contribution in [2.75, 3.05) is 11.4 Å². The Balaban J connectivity index is 2.28. The average molecular weight is 377 g/mol. The van der Waals surface area contributed by atoms with E-state index in [-0.39, 0.29) is 17.5 Å². The molecule has 0 fully saturated rings. The van der Waals surface area contributed by atoms with Crippen molar-refractivity contribution in [2.45, 2.75) is 59.1 Å². The lowest BCUT2D eigenvalue weighted by Crippen LogP contribution is -2.53. The van der Waals surface area contributed by atoms with E-state index in [1.165, 1.54) is 17.0 Å². The third-order valence-electron chi connectivity index (χ3n) is 4.27. The highest BCUT2D eigenvalue weighted by Crippen LogP contribution is 2.31. The van der Waals surface area contributed by atoms with E-state index in [1.54, 1.807) is 26.8 Å². The third-order valence-corrected chi connectivity index (χ3v) is 4.27. The number of aryl methyl sites for hydroxylation is 1. The number of nitro benzene ring substituents is 1. The number of nitrogens with zero attached hydrogens (tertiary/aromatic N) is 2. The number of rotatable bonds is 4. The van der Waals surface area contributed by atoms with Crippen LogP contribution < -0.4 is 10.2 Å². The zero-order valence-corrected chi connectivity index (χ0v) is 16.4. The molecule has 27 heavy (non-hydrogen) atoms. The minimum Gasteiger partial charge on any atom is -0.444 e. The van der Waals surface area contributed by atoms with Crippen LogP contribution in [0.4, 0.5) is 16.2 Å². The van der Waals surface area contributed by atoms with Crippen LogP contribution in [0.3, 0.4) is 0 Å². The fraction of sp³-hybridized carbons (Fsp3) is 0.579. The first kappa shape index (κ1) is 20.7. The molecule has 148 valence electrons. The molecule has 2 amide bonds. The van der Waals surface area contributed by atoms with Gasteiger partial charge in [0, 0.05) is 18.7 Å². The number of fused-ring (bicyclic) bond motifs is 1. The van der Waals surface area contributed by atoms with Gasteiger partial charge in [-0.1, -0.05) is 19.9 Å². The van der Waals surface area contributed by atoms with Gasteiger partial charge in [-0.15, -0.1) is 0 Å². The lowest BCUT2D eigenvalue weighted by atomic mass is 9.97. The molecule has 8 nitrogen and oxygen atoms in total. The number of benzene rings is 1. The second kappa shape index (κ2) is 7.94. The maximum atomic E-state index is 13.2. The summed E-state index contributed by atoms with van der Waals surface area (Å²) in [5.41, 5.74) is 0.694. The van der Waals surface area contributed by atoms with E-state index in [2.05, 4.69) is 5.32 Å². The Bertz CT molecular complexity index is 739. The van der Waals surface area contributed by atoms with Crippen molar-refractivity contribution in [1.82, 2.24) is 5.32 Å². The molecule has 0 bridgehead atoms. The Morgan fingerprint density at radius 3 is 2.52 bits per heavy atom. The molecule has 1 aromatic carbocycles. The highest BCUT2D eigenvalue weighted by atomic mass is 16.6. The first-order chi connectivity index (χ1) is 12.5. The van der Waals surface area contributed by atoms with Crippen LogP contribution in [0.5, 0.6) is 0 Å². The zero-order chi connectivity index (χ0) is 20.4. The van der Waals surface area contributed by atoms with Crippen LogP contribution in [0.15, 0.2) is 18.2 Å². The summed E-state index contributed by atoms with van der Waals surface area (Å²) in [6.07, 6.45) is 0.849. The van der Waals surface area contributed by atoms with Gasteiger partial charge in [-0.2, -0.15) is 0 Å². The molecule has 1 unspecified atom stereocenters. The van der Waals surface area contributed by atoms with Gasteiger partial charge in [-0.25, -0.2) is 4.79 Å². The summed E-state index contributed by atoms with van der Waals surface area (Å²) >= 11 is 0. The van der Waals surface area contributed by atoms with Crippen molar-refractivity contribution < 1.29 is 19.2 Å². The number of amides is 2. The van der Waals surface area contributed by atoms with E-state index >= 15 is 0 Å². The average Bonchev–Trinajstić information content (AvgIpc) is 2.56. The summed E-state index contributed by atoms with van der Waals surface area (Å²) in [7, 11) is 0. The second-order valence-corrected chi connectivity index (χ2v) is 8.03. The smallest absolute Gasteiger partial charge is 0.408 e. The number of carbonyl (C=O) groups is 2. The molecule has 0 aliphatic carbocycles. The van der Waals surface area contributed by atoms with Crippen molar-refractivity contribution in [1.29, 1.82) is 0 Å². The van der Waals surface area contributed by atoms with Crippen LogP contribution in [-0.4, -0.2) is 35.1 Å². The first-order valence-corrected chi connectivity index (χ1v) is 9.08. The monoisotopic (exact) mass is 377 g/mol. The second-order valence-electron chi connectivity index (χ2n) is 8.03. The van der Waals surface area contributed by atoms with Gasteiger partial charge in [0.2, 0.25) is 5.91 Å². The summed E-state index contributed by atoms with van der Waals surface area (Å²) in [5.74, 6) is -0.466. The Morgan fingerprint density at radius 1 is 1.30 bits per heavy atom. The number of non-ortho nitro benzene ring substituents is 1. The summed E-state index contributed by atoms with van der Waals surface area (Å²) in [6, 6.07) is 3.78. The Hall–Kier alpha value is -2.64. The first-order valence-electron chi connectivity index (χ1n) is 9.08. The summed E-state index contributed by atoms with van der Waals surface area (Å²) in [4.78, 5) is 37.5. The minimum atomic E-state index is -0.787. The van der Waals surface area contributed by atoms with Crippen molar-refractivity contribution in [3.05, 3.63) is 33.9 Å². The van der Waals surface area contributed by atoms with Gasteiger partial charge in [0.05, 0.1) is 10.6 Å². The van der Waals surface area contributed by atoms with E-state index in [1.807, 2.05) is 13.8 Å². The summed E-state index contributed by atoms with van der Waals surface area (Å²) in [5, 5.41) is 13.8. The lowest BCUT2D eigenvalue weighted by molar-refractivity contribution is -0.384. The molecule has 2 rings (SSSR count). The van der Waals surface area contributed by atoms with Crippen LogP contribution in [0.25, 0.3) is 0 Å². The molecule has 1 heterocycles. The van der Waals surface area contributed by atoms with Gasteiger partial charge >= 0.3 is 6.09 Å². The maximum Gasteiger partial charge on any atom is 0.408 e. The van der Waals surface area contributed by atoms with Crippen LogP contribution in [0.2, 0.25) is 0 Å². The van der Waals surface area contributed by atoms with Crippen molar-refractivity contribution >= 4 is 23.4 Å². The molecule has 0 saturated heterocycles. The standard InChI is InChI=1S/C19H27N3O5/c1-12(2)16(20-18(24)27-19(3,4)5)17(23)21-10-6-7-13-8-9-14(22(25)26)11-15(13)21/h8-9,11-12,16H,6-7,10H2,1-5H3,(H,20,24). The molecule has 0 spiro atoms. The zero-order valence-electron chi connectivity index (χ0n) is 16.4. The summed E-state index contributed by atoms with van der Waals surface area (Å²) < 4.78 is 5.27. The highest BCUT2D eigenvalue weighted by Gasteiger charge is 2.33. The molecule has 8 heteroatoms. The van der Waals surface area contributed by atoms with E-state index in [4.69, 9.17) is 4.74 Å². The SMILES string of the molecule is CC(C)C(NC(=O)OC(C)(C)C)C(=O)N1CCCc2ccc([N+](=O)[O-])cc21. The largest absolute Gasteiger partial charge is 0.444 e. The Labute approximate surface area is 159 Å². The Morgan fingerprint density at radius 2 is 1.96 bits per heavy atom. The van der Waals surface area contributed by atoms with Crippen LogP contribution >= 0.6 is 0 Å². The molecular formula is C19H27N3O5. The van der Waals surface area contributed by atoms with E-state index < -0.39 is 22.7 Å². The van der Waals surface area contributed by atoms with Crippen LogP contribution in [0, 0.1) is 16.0 Å². The lowest BCUT2D eigenvalue weighted by Gasteiger charge is -2.34. The van der Waals surface area contributed by atoms with Gasteiger partial charge in [0.15, 0.2) is 0 Å². The van der Waals surface area contributed by atoms with Crippen molar-refractivity contribution in [2.24, 2.45) is 5.92 Å². The molecule has 1 aliphatic rings. The van der Waals surface area contributed by atoms with Gasteiger partial charge in [0.1, 0.15) is 11.6 Å². The molecule has 0 saturated carbocycles. The van der Waals surface area contributed by atoms with Crippen molar-refractivity contribution in [3.8, 4) is 0 Å². The highest BCUT2D eigenvalue weighted by molar-refractivity contribution is 6.00. The summed E-state index contributed by atoms with van der Waals surface area (Å²) in [6.45, 7) is 9.36. The van der Waals surface area contributed by atoms with E-state index in [0.29, 0.717) is 12.2 Å². The number of anilines is 1. The van der Waals surface area contributed by atoms with Gasteiger partial charge in [-0.3, -0.25) is 14.9 Å². The molecule has 0 radical (unpaired) electrons. The number of nitro groups is 1. The molecule has 0 aromatic heterocycles. The number of hydrogen-bond acceptors (Lipinski definition) is 5. The topological polar surface area (TPSA) is 102 Å². The predicted octanol–water partition coefficient (Wildman–Crippen LogP) is 3.42. The number of carbonyl (C=O) groups excluding carboxylic acids is 2. The number of hydrogen-bond donors (Lipinski definition) is 1. The molecule has 1 aromatic rings. The van der Waals surface area contributed by atoms with Crippen molar-refractivity contribution in [3.63, 3.8) is 0 Å². The molecule has 1 aliphatic heterocycles. The fourth-order valence-corrected chi connectivity index (χ4v) is 3.02. The van der Waals surface area contributed by atoms with Crippen LogP contribution in [-0.2, 0) is 16.0 Å². The minimum absolute atomic E-state index is 0.0605. The molecular weight excluding hydrogens is 350 g/mol. The van der Waals surface area contributed by atoms with Gasteiger partial charge < -0.3 is 15.0 Å². The quantitative estimate of drug-likeness (QED) is 0.640. The molecule has 1 atom stereocenters. The fourth-order valence-electron chi connectivity index (χ4n) is 3.02. The van der Waals surface area contributed by atoms with E-state index in [0.717, 1.165) is 18.4 Å².